The number of rotatable bonds is 3. The Kier molecular flexibility index (Phi) is 5.17. The normalized spacial score (nSPS) is 22.9. The molecule has 0 spiro atoms. The summed E-state index contributed by atoms with van der Waals surface area (Å²) < 4.78 is 5.29. The van der Waals surface area contributed by atoms with Crippen LogP contribution in [-0.2, 0) is 0 Å². The highest BCUT2D eigenvalue weighted by atomic mass is 16.5. The Balaban J connectivity index is 1.61. The van der Waals surface area contributed by atoms with Crippen LogP contribution in [-0.4, -0.2) is 77.4 Å². The van der Waals surface area contributed by atoms with Crippen LogP contribution in [0.15, 0.2) is 24.3 Å². The molecule has 0 aliphatic carbocycles. The Morgan fingerprint density at radius 3 is 2.40 bits per heavy atom. The lowest BCUT2D eigenvalue weighted by Gasteiger charge is -2.32. The van der Waals surface area contributed by atoms with Gasteiger partial charge < -0.3 is 24.4 Å². The van der Waals surface area contributed by atoms with E-state index in [1.165, 1.54) is 0 Å². The molecule has 2 aliphatic heterocycles. The summed E-state index contributed by atoms with van der Waals surface area (Å²) in [5.41, 5.74) is 2.36. The first-order valence-electron chi connectivity index (χ1n) is 10.2. The van der Waals surface area contributed by atoms with Crippen molar-refractivity contribution in [2.45, 2.75) is 19.9 Å². The second-order valence-electron chi connectivity index (χ2n) is 8.48. The first-order valence-corrected chi connectivity index (χ1v) is 10.2. The zero-order valence-electron chi connectivity index (χ0n) is 18.2. The standard InChI is InChI=1S/C22H29N5O3/c1-13-19(24-14(2)23-13)21(28)26-10-16-11-27(22(29)25(3)4)20(18(16)12-26)15-6-8-17(30-5)9-7-15/h6-9,16,18,20H,10-12H2,1-5H3,(H,23,24)/t16-,18-,20+/m1/s1. The minimum Gasteiger partial charge on any atom is -0.497 e. The minimum atomic E-state index is -0.0735. The number of methoxy groups -OCH3 is 1. The van der Waals surface area contributed by atoms with Crippen molar-refractivity contribution in [3.63, 3.8) is 0 Å². The third-order valence-corrected chi connectivity index (χ3v) is 6.24. The Morgan fingerprint density at radius 1 is 1.13 bits per heavy atom. The fourth-order valence-electron chi connectivity index (χ4n) is 4.86. The van der Waals surface area contributed by atoms with Crippen LogP contribution in [0.5, 0.6) is 5.75 Å². The van der Waals surface area contributed by atoms with Crippen molar-refractivity contribution in [1.82, 2.24) is 24.7 Å². The molecule has 30 heavy (non-hydrogen) atoms. The van der Waals surface area contributed by atoms with Crippen molar-refractivity contribution in [3.05, 3.63) is 47.0 Å². The van der Waals surface area contributed by atoms with E-state index in [-0.39, 0.29) is 29.8 Å². The van der Waals surface area contributed by atoms with Crippen LogP contribution in [0.1, 0.15) is 33.6 Å². The predicted octanol–water partition coefficient (Wildman–Crippen LogP) is 2.46. The molecule has 160 valence electrons. The number of hydrogen-bond acceptors (Lipinski definition) is 4. The van der Waals surface area contributed by atoms with Crippen molar-refractivity contribution < 1.29 is 14.3 Å². The first kappa shape index (κ1) is 20.3. The highest BCUT2D eigenvalue weighted by Gasteiger charge is 2.50. The SMILES string of the molecule is COc1ccc([C@H]2[C@@H]3CN(C(=O)c4nc(C)[nH]c4C)C[C@@H]3CN2C(=O)N(C)C)cc1. The number of aryl methyl sites for hydroxylation is 2. The van der Waals surface area contributed by atoms with Gasteiger partial charge in [0.2, 0.25) is 0 Å². The maximum absolute atomic E-state index is 13.1. The van der Waals surface area contributed by atoms with Crippen LogP contribution in [0, 0.1) is 25.7 Å². The molecule has 4 rings (SSSR count). The average molecular weight is 412 g/mol. The number of nitrogens with zero attached hydrogens (tertiary/aromatic N) is 4. The molecule has 2 saturated heterocycles. The van der Waals surface area contributed by atoms with Gasteiger partial charge in [-0.15, -0.1) is 0 Å². The molecule has 0 radical (unpaired) electrons. The molecule has 0 saturated carbocycles. The number of carbonyl (C=O) groups excluding carboxylic acids is 2. The number of likely N-dealkylation sites (tertiary alicyclic amines) is 2. The number of amides is 3. The highest BCUT2D eigenvalue weighted by molar-refractivity contribution is 5.93. The molecule has 1 aromatic heterocycles. The van der Waals surface area contributed by atoms with Crippen LogP contribution in [0.25, 0.3) is 0 Å². The molecule has 8 nitrogen and oxygen atoms in total. The van der Waals surface area contributed by atoms with E-state index in [4.69, 9.17) is 4.74 Å². The summed E-state index contributed by atoms with van der Waals surface area (Å²) >= 11 is 0. The summed E-state index contributed by atoms with van der Waals surface area (Å²) in [4.78, 5) is 39.0. The van der Waals surface area contributed by atoms with E-state index in [1.807, 2.05) is 47.9 Å². The van der Waals surface area contributed by atoms with Crippen LogP contribution < -0.4 is 4.74 Å². The number of benzene rings is 1. The van der Waals surface area contributed by atoms with Crippen molar-refractivity contribution in [1.29, 1.82) is 0 Å². The molecule has 8 heteroatoms. The third-order valence-electron chi connectivity index (χ3n) is 6.24. The topological polar surface area (TPSA) is 81.8 Å². The van der Waals surface area contributed by atoms with Crippen LogP contribution >= 0.6 is 0 Å². The van der Waals surface area contributed by atoms with Crippen LogP contribution in [0.2, 0.25) is 0 Å². The van der Waals surface area contributed by atoms with Crippen molar-refractivity contribution in [2.24, 2.45) is 11.8 Å². The minimum absolute atomic E-state index is 0.00173. The van der Waals surface area contributed by atoms with Gasteiger partial charge in [-0.25, -0.2) is 9.78 Å². The molecule has 1 N–H and O–H groups in total. The van der Waals surface area contributed by atoms with Crippen molar-refractivity contribution in [2.75, 3.05) is 40.8 Å². The Morgan fingerprint density at radius 2 is 1.83 bits per heavy atom. The van der Waals surface area contributed by atoms with E-state index in [2.05, 4.69) is 9.97 Å². The lowest BCUT2D eigenvalue weighted by Crippen LogP contribution is -2.42. The number of H-pyrrole nitrogens is 1. The number of fused-ring (bicyclic) bond motifs is 1. The number of hydrogen-bond donors (Lipinski definition) is 1. The monoisotopic (exact) mass is 411 g/mol. The largest absolute Gasteiger partial charge is 0.497 e. The third kappa shape index (κ3) is 3.40. The van der Waals surface area contributed by atoms with E-state index in [0.29, 0.717) is 25.3 Å². The van der Waals surface area contributed by atoms with Gasteiger partial charge in [-0.05, 0) is 31.5 Å². The second kappa shape index (κ2) is 7.66. The summed E-state index contributed by atoms with van der Waals surface area (Å²) in [5, 5.41) is 0. The van der Waals surface area contributed by atoms with Crippen LogP contribution in [0.3, 0.4) is 0 Å². The van der Waals surface area contributed by atoms with E-state index in [0.717, 1.165) is 22.8 Å². The molecule has 3 heterocycles. The zero-order chi connectivity index (χ0) is 21.6. The number of ether oxygens (including phenoxy) is 1. The van der Waals surface area contributed by atoms with Gasteiger partial charge in [-0.1, -0.05) is 12.1 Å². The molecule has 2 aromatic rings. The van der Waals surface area contributed by atoms with Gasteiger partial charge >= 0.3 is 6.03 Å². The van der Waals surface area contributed by atoms with Crippen molar-refractivity contribution in [3.8, 4) is 5.75 Å². The molecule has 1 aromatic carbocycles. The van der Waals surface area contributed by atoms with Gasteiger partial charge in [0.15, 0.2) is 0 Å². The lowest BCUT2D eigenvalue weighted by molar-refractivity contribution is 0.0760. The highest BCUT2D eigenvalue weighted by Crippen LogP contribution is 2.45. The molecule has 3 atom stereocenters. The summed E-state index contributed by atoms with van der Waals surface area (Å²) in [6, 6.07) is 7.82. The maximum atomic E-state index is 13.1. The second-order valence-corrected chi connectivity index (χ2v) is 8.48. The number of nitrogens with one attached hydrogen (secondary N) is 1. The number of imidazole rings is 1. The van der Waals surface area contributed by atoms with Gasteiger partial charge in [0.1, 0.15) is 17.3 Å². The van der Waals surface area contributed by atoms with E-state index in [9.17, 15) is 9.59 Å². The lowest BCUT2D eigenvalue weighted by atomic mass is 9.89. The molecular formula is C22H29N5O3. The summed E-state index contributed by atoms with van der Waals surface area (Å²) in [6.07, 6.45) is 0. The van der Waals surface area contributed by atoms with E-state index < -0.39 is 0 Å². The van der Waals surface area contributed by atoms with Gasteiger partial charge in [0.25, 0.3) is 5.91 Å². The molecule has 3 amide bonds. The number of aromatic nitrogens is 2. The quantitative estimate of drug-likeness (QED) is 0.841. The van der Waals surface area contributed by atoms with Gasteiger partial charge in [0.05, 0.1) is 13.2 Å². The number of urea groups is 1. The molecule has 2 aliphatic rings. The molecule has 0 unspecified atom stereocenters. The summed E-state index contributed by atoms with van der Waals surface area (Å²) in [5.74, 6) is 1.92. The molecule has 2 fully saturated rings. The fourth-order valence-corrected chi connectivity index (χ4v) is 4.86. The summed E-state index contributed by atoms with van der Waals surface area (Å²) in [6.45, 7) is 5.62. The van der Waals surface area contributed by atoms with Gasteiger partial charge in [-0.2, -0.15) is 0 Å². The first-order chi connectivity index (χ1) is 14.3. The van der Waals surface area contributed by atoms with E-state index in [1.54, 1.807) is 26.1 Å². The van der Waals surface area contributed by atoms with Crippen molar-refractivity contribution >= 4 is 11.9 Å². The van der Waals surface area contributed by atoms with E-state index >= 15 is 0 Å². The average Bonchev–Trinajstić information content (AvgIpc) is 3.38. The van der Waals surface area contributed by atoms with Gasteiger partial charge in [-0.3, -0.25) is 4.79 Å². The fraction of sp³-hybridized carbons (Fsp3) is 0.500. The number of carbonyl (C=O) groups is 2. The summed E-state index contributed by atoms with van der Waals surface area (Å²) in [7, 11) is 5.20. The maximum Gasteiger partial charge on any atom is 0.320 e. The predicted molar refractivity (Wildman–Crippen MR) is 112 cm³/mol. The Labute approximate surface area is 176 Å². The Hall–Kier alpha value is -3.03. The smallest absolute Gasteiger partial charge is 0.320 e. The van der Waals surface area contributed by atoms with Gasteiger partial charge in [0, 0.05) is 51.3 Å². The molecular weight excluding hydrogens is 382 g/mol. The number of aromatic amines is 1. The van der Waals surface area contributed by atoms with Crippen LogP contribution in [0.4, 0.5) is 4.79 Å². The Bertz CT molecular complexity index is 952. The molecule has 0 bridgehead atoms. The zero-order valence-corrected chi connectivity index (χ0v) is 18.2.